The Bertz CT molecular complexity index is 739. The molecule has 0 N–H and O–H groups in total. The molecule has 6 heteroatoms. The lowest BCUT2D eigenvalue weighted by atomic mass is 10.1. The number of sulfone groups is 1. The highest BCUT2D eigenvalue weighted by Crippen LogP contribution is 2.20. The summed E-state index contributed by atoms with van der Waals surface area (Å²) in [6.07, 6.45) is 0. The standard InChI is InChI=1S/C14H10BrClO3S/c15-13-4-2-1-3-12(13)14(17)9-20(18,19)11-7-5-10(16)6-8-11/h1-8H,9H2. The van der Waals surface area contributed by atoms with E-state index < -0.39 is 21.4 Å². The van der Waals surface area contributed by atoms with Crippen LogP contribution in [0.25, 0.3) is 0 Å². The first-order valence-electron chi connectivity index (χ1n) is 5.66. The maximum Gasteiger partial charge on any atom is 0.185 e. The number of benzene rings is 2. The van der Waals surface area contributed by atoms with Gasteiger partial charge in [0.05, 0.1) is 4.90 Å². The summed E-state index contributed by atoms with van der Waals surface area (Å²) in [6, 6.07) is 12.5. The van der Waals surface area contributed by atoms with Gasteiger partial charge in [-0.15, -0.1) is 0 Å². The van der Waals surface area contributed by atoms with E-state index in [1.165, 1.54) is 24.3 Å². The summed E-state index contributed by atoms with van der Waals surface area (Å²) in [7, 11) is -3.67. The minimum absolute atomic E-state index is 0.0855. The van der Waals surface area contributed by atoms with Crippen LogP contribution in [0, 0.1) is 0 Å². The Morgan fingerprint density at radius 2 is 1.65 bits per heavy atom. The number of Topliss-reactive ketones (excluding diaryl/α,β-unsaturated/α-hetero) is 1. The van der Waals surface area contributed by atoms with Crippen LogP contribution in [0.15, 0.2) is 57.9 Å². The minimum Gasteiger partial charge on any atom is -0.293 e. The van der Waals surface area contributed by atoms with Crippen molar-refractivity contribution in [3.8, 4) is 0 Å². The Kier molecular flexibility index (Phi) is 4.62. The molecule has 0 aliphatic heterocycles. The van der Waals surface area contributed by atoms with Crippen LogP contribution in [-0.2, 0) is 9.84 Å². The maximum absolute atomic E-state index is 12.2. The topological polar surface area (TPSA) is 51.2 Å². The van der Waals surface area contributed by atoms with Gasteiger partial charge in [-0.3, -0.25) is 4.79 Å². The first kappa shape index (κ1) is 15.2. The van der Waals surface area contributed by atoms with Crippen molar-refractivity contribution < 1.29 is 13.2 Å². The molecular formula is C14H10BrClO3S. The monoisotopic (exact) mass is 372 g/mol. The number of carbonyl (C=O) groups is 1. The Morgan fingerprint density at radius 3 is 2.25 bits per heavy atom. The smallest absolute Gasteiger partial charge is 0.185 e. The van der Waals surface area contributed by atoms with Gasteiger partial charge in [0, 0.05) is 15.1 Å². The van der Waals surface area contributed by atoms with Gasteiger partial charge in [-0.05, 0) is 30.3 Å². The van der Waals surface area contributed by atoms with E-state index in [2.05, 4.69) is 15.9 Å². The van der Waals surface area contributed by atoms with E-state index >= 15 is 0 Å². The van der Waals surface area contributed by atoms with Crippen LogP contribution in [0.1, 0.15) is 10.4 Å². The van der Waals surface area contributed by atoms with Crippen molar-refractivity contribution in [2.24, 2.45) is 0 Å². The molecule has 0 saturated heterocycles. The Labute approximate surface area is 130 Å². The number of halogens is 2. The van der Waals surface area contributed by atoms with Gasteiger partial charge < -0.3 is 0 Å². The normalized spacial score (nSPS) is 11.3. The fourth-order valence-electron chi connectivity index (χ4n) is 1.66. The van der Waals surface area contributed by atoms with Crippen molar-refractivity contribution in [1.82, 2.24) is 0 Å². The highest BCUT2D eigenvalue weighted by Gasteiger charge is 2.21. The molecule has 0 atom stereocenters. The molecule has 0 aliphatic carbocycles. The molecule has 20 heavy (non-hydrogen) atoms. The van der Waals surface area contributed by atoms with Crippen molar-refractivity contribution in [2.75, 3.05) is 5.75 Å². The summed E-state index contributed by atoms with van der Waals surface area (Å²) >= 11 is 8.95. The van der Waals surface area contributed by atoms with Crippen molar-refractivity contribution in [1.29, 1.82) is 0 Å². The minimum atomic E-state index is -3.67. The maximum atomic E-state index is 12.2. The van der Waals surface area contributed by atoms with Gasteiger partial charge >= 0.3 is 0 Å². The molecule has 0 amide bonds. The van der Waals surface area contributed by atoms with E-state index in [1.54, 1.807) is 24.3 Å². The van der Waals surface area contributed by atoms with Crippen molar-refractivity contribution in [2.45, 2.75) is 4.90 Å². The number of rotatable bonds is 4. The van der Waals surface area contributed by atoms with Gasteiger partial charge in [0.2, 0.25) is 0 Å². The Hall–Kier alpha value is -1.17. The van der Waals surface area contributed by atoms with Crippen LogP contribution in [0.2, 0.25) is 5.02 Å². The largest absolute Gasteiger partial charge is 0.293 e. The summed E-state index contributed by atoms with van der Waals surface area (Å²) in [6.45, 7) is 0. The number of hydrogen-bond acceptors (Lipinski definition) is 3. The van der Waals surface area contributed by atoms with Crippen molar-refractivity contribution >= 4 is 43.2 Å². The van der Waals surface area contributed by atoms with Gasteiger partial charge in [0.1, 0.15) is 5.75 Å². The van der Waals surface area contributed by atoms with Gasteiger partial charge in [-0.2, -0.15) is 0 Å². The zero-order valence-corrected chi connectivity index (χ0v) is 13.4. The first-order chi connectivity index (χ1) is 9.40. The summed E-state index contributed by atoms with van der Waals surface area (Å²) in [5.41, 5.74) is 0.352. The predicted molar refractivity (Wildman–Crippen MR) is 82.0 cm³/mol. The molecule has 2 aromatic rings. The predicted octanol–water partition coefficient (Wildman–Crippen LogP) is 3.76. The average Bonchev–Trinajstić information content (AvgIpc) is 2.39. The molecule has 0 spiro atoms. The lowest BCUT2D eigenvalue weighted by molar-refractivity contribution is 0.102. The molecule has 0 saturated carbocycles. The SMILES string of the molecule is O=C(CS(=O)(=O)c1ccc(Cl)cc1)c1ccccc1Br. The molecule has 2 aromatic carbocycles. The van der Waals surface area contributed by atoms with Crippen LogP contribution in [0.3, 0.4) is 0 Å². The summed E-state index contributed by atoms with van der Waals surface area (Å²) in [5.74, 6) is -1.02. The summed E-state index contributed by atoms with van der Waals surface area (Å²) in [5, 5.41) is 0.445. The van der Waals surface area contributed by atoms with E-state index in [0.717, 1.165) is 0 Å². The zero-order chi connectivity index (χ0) is 14.8. The van der Waals surface area contributed by atoms with Crippen molar-refractivity contribution in [3.63, 3.8) is 0 Å². The Morgan fingerprint density at radius 1 is 1.05 bits per heavy atom. The molecule has 0 aliphatic rings. The average molecular weight is 374 g/mol. The fourth-order valence-corrected chi connectivity index (χ4v) is 3.51. The third-order valence-electron chi connectivity index (χ3n) is 2.67. The third-order valence-corrected chi connectivity index (χ3v) is 5.24. The van der Waals surface area contributed by atoms with Gasteiger partial charge in [-0.1, -0.05) is 45.7 Å². The zero-order valence-electron chi connectivity index (χ0n) is 10.2. The first-order valence-corrected chi connectivity index (χ1v) is 8.48. The summed E-state index contributed by atoms with van der Waals surface area (Å²) < 4.78 is 24.9. The van der Waals surface area contributed by atoms with Crippen LogP contribution >= 0.6 is 27.5 Å². The van der Waals surface area contributed by atoms with E-state index in [4.69, 9.17) is 11.6 Å². The number of hydrogen-bond donors (Lipinski definition) is 0. The fraction of sp³-hybridized carbons (Fsp3) is 0.0714. The second-order valence-corrected chi connectivity index (χ2v) is 7.40. The lowest BCUT2D eigenvalue weighted by Gasteiger charge is -2.05. The van der Waals surface area contributed by atoms with E-state index in [0.29, 0.717) is 15.1 Å². The summed E-state index contributed by atoms with van der Waals surface area (Å²) in [4.78, 5) is 12.2. The van der Waals surface area contributed by atoms with Gasteiger partial charge in [0.15, 0.2) is 15.6 Å². The lowest BCUT2D eigenvalue weighted by Crippen LogP contribution is -2.16. The van der Waals surface area contributed by atoms with Crippen LogP contribution < -0.4 is 0 Å². The second kappa shape index (κ2) is 6.08. The van der Waals surface area contributed by atoms with Crippen LogP contribution in [0.5, 0.6) is 0 Å². The van der Waals surface area contributed by atoms with Crippen LogP contribution in [-0.4, -0.2) is 20.0 Å². The highest BCUT2D eigenvalue weighted by molar-refractivity contribution is 9.10. The molecule has 104 valence electrons. The molecule has 0 fully saturated rings. The molecule has 0 unspecified atom stereocenters. The number of ketones is 1. The highest BCUT2D eigenvalue weighted by atomic mass is 79.9. The molecule has 3 nitrogen and oxygen atoms in total. The Balaban J connectivity index is 2.27. The van der Waals surface area contributed by atoms with Crippen LogP contribution in [0.4, 0.5) is 0 Å². The van der Waals surface area contributed by atoms with Crippen molar-refractivity contribution in [3.05, 3.63) is 63.6 Å². The number of carbonyl (C=O) groups excluding carboxylic acids is 1. The molecule has 0 bridgehead atoms. The second-order valence-electron chi connectivity index (χ2n) is 4.12. The van der Waals surface area contributed by atoms with Gasteiger partial charge in [-0.25, -0.2) is 8.42 Å². The molecular weight excluding hydrogens is 364 g/mol. The van der Waals surface area contributed by atoms with E-state index in [-0.39, 0.29) is 4.90 Å². The van der Waals surface area contributed by atoms with Gasteiger partial charge in [0.25, 0.3) is 0 Å². The molecule has 0 aromatic heterocycles. The van der Waals surface area contributed by atoms with E-state index in [9.17, 15) is 13.2 Å². The molecule has 0 heterocycles. The van der Waals surface area contributed by atoms with E-state index in [1.807, 2.05) is 0 Å². The molecule has 0 radical (unpaired) electrons. The third kappa shape index (κ3) is 3.48. The molecule has 2 rings (SSSR count). The quantitative estimate of drug-likeness (QED) is 0.767.